The third-order valence-corrected chi connectivity index (χ3v) is 3.00. The van der Waals surface area contributed by atoms with Crippen LogP contribution in [0.15, 0.2) is 71.0 Å². The first-order valence-electron chi connectivity index (χ1n) is 5.96. The Morgan fingerprint density at radius 2 is 1.58 bits per heavy atom. The molecule has 3 rings (SSSR count). The Hall–Kier alpha value is -2.62. The molecular formula is C15H12N2O2. The topological polar surface area (TPSA) is 54.2 Å². The number of oxime groups is 2. The molecule has 4 heteroatoms. The van der Waals surface area contributed by atoms with Gasteiger partial charge in [-0.2, -0.15) is 0 Å². The Kier molecular flexibility index (Phi) is 2.98. The van der Waals surface area contributed by atoms with Crippen LogP contribution in [-0.2, 0) is 4.84 Å². The molecule has 1 aliphatic rings. The van der Waals surface area contributed by atoms with Crippen LogP contribution in [0.2, 0.25) is 0 Å². The minimum absolute atomic E-state index is 0.428. The summed E-state index contributed by atoms with van der Waals surface area (Å²) in [6.45, 7) is 0. The smallest absolute Gasteiger partial charge is 0.200 e. The summed E-state index contributed by atoms with van der Waals surface area (Å²) >= 11 is 0. The molecule has 94 valence electrons. The summed E-state index contributed by atoms with van der Waals surface area (Å²) in [7, 11) is 0. The first kappa shape index (κ1) is 11.5. The number of benzene rings is 2. The molecule has 1 aliphatic heterocycles. The minimum Gasteiger partial charge on any atom is -0.410 e. The first-order valence-corrected chi connectivity index (χ1v) is 5.96. The van der Waals surface area contributed by atoms with Crippen molar-refractivity contribution < 1.29 is 10.0 Å². The lowest BCUT2D eigenvalue weighted by atomic mass is 9.98. The van der Waals surface area contributed by atoms with Crippen molar-refractivity contribution in [3.05, 3.63) is 71.8 Å². The summed E-state index contributed by atoms with van der Waals surface area (Å²) < 4.78 is 0. The molecule has 0 aliphatic carbocycles. The van der Waals surface area contributed by atoms with Gasteiger partial charge in [0.05, 0.1) is 0 Å². The van der Waals surface area contributed by atoms with E-state index >= 15 is 0 Å². The van der Waals surface area contributed by atoms with Crippen molar-refractivity contribution in [2.45, 2.75) is 6.10 Å². The van der Waals surface area contributed by atoms with Gasteiger partial charge in [-0.3, -0.25) is 0 Å². The van der Waals surface area contributed by atoms with E-state index in [1.807, 2.05) is 60.7 Å². The lowest BCUT2D eigenvalue weighted by Crippen LogP contribution is -2.18. The average molecular weight is 252 g/mol. The number of rotatable bonds is 2. The second-order valence-electron chi connectivity index (χ2n) is 4.19. The molecule has 2 aromatic carbocycles. The highest BCUT2D eigenvalue weighted by atomic mass is 16.6. The third-order valence-electron chi connectivity index (χ3n) is 3.00. The van der Waals surface area contributed by atoms with Gasteiger partial charge < -0.3 is 10.0 Å². The van der Waals surface area contributed by atoms with Crippen molar-refractivity contribution in [1.29, 1.82) is 0 Å². The van der Waals surface area contributed by atoms with Crippen molar-refractivity contribution in [2.75, 3.05) is 0 Å². The average Bonchev–Trinajstić information content (AvgIpc) is 2.93. The Labute approximate surface area is 110 Å². The van der Waals surface area contributed by atoms with Gasteiger partial charge in [0, 0.05) is 11.1 Å². The number of nitrogens with zero attached hydrogens (tertiary/aromatic N) is 2. The molecule has 1 N–H and O–H groups in total. The van der Waals surface area contributed by atoms with Gasteiger partial charge in [-0.25, -0.2) is 0 Å². The fourth-order valence-corrected chi connectivity index (χ4v) is 2.07. The predicted octanol–water partition coefficient (Wildman–Crippen LogP) is 2.99. The molecular weight excluding hydrogens is 240 g/mol. The lowest BCUT2D eigenvalue weighted by molar-refractivity contribution is 0.117. The van der Waals surface area contributed by atoms with Crippen LogP contribution >= 0.6 is 0 Å². The molecule has 1 heterocycles. The summed E-state index contributed by atoms with van der Waals surface area (Å²) in [6, 6.07) is 19.1. The van der Waals surface area contributed by atoms with Gasteiger partial charge in [-0.15, -0.1) is 0 Å². The minimum atomic E-state index is -0.457. The zero-order valence-corrected chi connectivity index (χ0v) is 10.1. The molecule has 0 radical (unpaired) electrons. The van der Waals surface area contributed by atoms with Gasteiger partial charge in [0.15, 0.2) is 11.8 Å². The normalized spacial score (nSPS) is 20.1. The van der Waals surface area contributed by atoms with Crippen molar-refractivity contribution in [3.63, 3.8) is 0 Å². The highest BCUT2D eigenvalue weighted by Gasteiger charge is 2.32. The van der Waals surface area contributed by atoms with Gasteiger partial charge in [0.1, 0.15) is 5.71 Å². The van der Waals surface area contributed by atoms with Crippen molar-refractivity contribution >= 4 is 11.4 Å². The van der Waals surface area contributed by atoms with Crippen LogP contribution in [0.5, 0.6) is 0 Å². The molecule has 0 saturated heterocycles. The van der Waals surface area contributed by atoms with E-state index in [0.29, 0.717) is 11.4 Å². The van der Waals surface area contributed by atoms with Crippen LogP contribution in [0.1, 0.15) is 17.2 Å². The Morgan fingerprint density at radius 1 is 0.947 bits per heavy atom. The van der Waals surface area contributed by atoms with Crippen molar-refractivity contribution in [3.8, 4) is 0 Å². The van der Waals surface area contributed by atoms with Crippen LogP contribution in [-0.4, -0.2) is 16.6 Å². The van der Waals surface area contributed by atoms with Crippen LogP contribution in [0.25, 0.3) is 0 Å². The first-order chi connectivity index (χ1) is 9.40. The molecule has 0 saturated carbocycles. The fraction of sp³-hybridized carbons (Fsp3) is 0.0667. The summed E-state index contributed by atoms with van der Waals surface area (Å²) in [5.41, 5.74) is 2.77. The van der Waals surface area contributed by atoms with Crippen molar-refractivity contribution in [2.24, 2.45) is 10.3 Å². The molecule has 2 aromatic rings. The lowest BCUT2D eigenvalue weighted by Gasteiger charge is -2.08. The maximum Gasteiger partial charge on any atom is 0.200 e. The monoisotopic (exact) mass is 252 g/mol. The van der Waals surface area contributed by atoms with Crippen LogP contribution in [0.4, 0.5) is 0 Å². The molecule has 0 aromatic heterocycles. The van der Waals surface area contributed by atoms with Gasteiger partial charge in [0.2, 0.25) is 0 Å². The van der Waals surface area contributed by atoms with Crippen LogP contribution in [0, 0.1) is 0 Å². The summed E-state index contributed by atoms with van der Waals surface area (Å²) in [5.74, 6) is 0. The highest BCUT2D eigenvalue weighted by Crippen LogP contribution is 2.27. The molecule has 0 fully saturated rings. The second kappa shape index (κ2) is 4.94. The second-order valence-corrected chi connectivity index (χ2v) is 4.19. The third kappa shape index (κ3) is 2.08. The maximum absolute atomic E-state index is 9.26. The number of hydrogen-bond donors (Lipinski definition) is 1. The molecule has 0 spiro atoms. The zero-order valence-electron chi connectivity index (χ0n) is 10.1. The quantitative estimate of drug-likeness (QED) is 0.659. The summed E-state index contributed by atoms with van der Waals surface area (Å²) in [5, 5.41) is 16.7. The van der Waals surface area contributed by atoms with E-state index in [1.54, 1.807) is 0 Å². The van der Waals surface area contributed by atoms with Gasteiger partial charge in [0.25, 0.3) is 0 Å². The summed E-state index contributed by atoms with van der Waals surface area (Å²) in [6.07, 6.45) is -0.457. The van der Waals surface area contributed by atoms with E-state index < -0.39 is 6.10 Å². The molecule has 4 nitrogen and oxygen atoms in total. The Balaban J connectivity index is 1.95. The highest BCUT2D eigenvalue weighted by molar-refractivity contribution is 6.50. The molecule has 0 amide bonds. The maximum atomic E-state index is 9.26. The van der Waals surface area contributed by atoms with E-state index in [-0.39, 0.29) is 0 Å². The summed E-state index contributed by atoms with van der Waals surface area (Å²) in [4.78, 5) is 5.41. The van der Waals surface area contributed by atoms with E-state index in [4.69, 9.17) is 4.84 Å². The number of hydrogen-bond acceptors (Lipinski definition) is 4. The largest absolute Gasteiger partial charge is 0.410 e. The van der Waals surface area contributed by atoms with E-state index in [0.717, 1.165) is 11.1 Å². The predicted molar refractivity (Wildman–Crippen MR) is 72.5 cm³/mol. The molecule has 19 heavy (non-hydrogen) atoms. The Morgan fingerprint density at radius 3 is 2.21 bits per heavy atom. The van der Waals surface area contributed by atoms with Gasteiger partial charge >= 0.3 is 0 Å². The van der Waals surface area contributed by atoms with E-state index in [1.165, 1.54) is 0 Å². The molecule has 1 unspecified atom stereocenters. The fourth-order valence-electron chi connectivity index (χ4n) is 2.07. The van der Waals surface area contributed by atoms with E-state index in [2.05, 4.69) is 10.3 Å². The SMILES string of the molecule is O/N=C1\C(c2ccccc2)=NOC1c1ccccc1. The zero-order chi connectivity index (χ0) is 13.1. The molecule has 0 bridgehead atoms. The van der Waals surface area contributed by atoms with Gasteiger partial charge in [-0.1, -0.05) is 71.0 Å². The van der Waals surface area contributed by atoms with E-state index in [9.17, 15) is 5.21 Å². The standard InChI is InChI=1S/C15H12N2O2/c18-16-14-13(11-7-3-1-4-8-11)17-19-15(14)12-9-5-2-6-10-12/h1-10,15,18H/b16-14+. The molecule has 1 atom stereocenters. The van der Waals surface area contributed by atoms with Crippen molar-refractivity contribution in [1.82, 2.24) is 0 Å². The van der Waals surface area contributed by atoms with Gasteiger partial charge in [-0.05, 0) is 0 Å². The Bertz CT molecular complexity index is 621. The van der Waals surface area contributed by atoms with Crippen LogP contribution < -0.4 is 0 Å². The van der Waals surface area contributed by atoms with Crippen LogP contribution in [0.3, 0.4) is 0 Å².